The highest BCUT2D eigenvalue weighted by Gasteiger charge is 2.16. The zero-order chi connectivity index (χ0) is 12.5. The first kappa shape index (κ1) is 12.0. The summed E-state index contributed by atoms with van der Waals surface area (Å²) in [4.78, 5) is 3.90. The molecular weight excluding hydrogens is 238 g/mol. The smallest absolute Gasteiger partial charge is 0.282 e. The van der Waals surface area contributed by atoms with Gasteiger partial charge >= 0.3 is 0 Å². The van der Waals surface area contributed by atoms with Crippen molar-refractivity contribution in [2.45, 2.75) is 24.7 Å². The molecule has 5 heteroatoms. The maximum Gasteiger partial charge on any atom is 0.296 e. The van der Waals surface area contributed by atoms with Crippen molar-refractivity contribution < 1.29 is 13.0 Å². The van der Waals surface area contributed by atoms with Gasteiger partial charge in [-0.3, -0.25) is 9.54 Å². The number of rotatable bonds is 3. The molecule has 0 saturated carbocycles. The SMILES string of the molecule is CCCc1cc(S(=O)(=O)O)c2ncccc2c1. The Kier molecular flexibility index (Phi) is 3.13. The number of aryl methyl sites for hydroxylation is 1. The highest BCUT2D eigenvalue weighted by molar-refractivity contribution is 7.86. The van der Waals surface area contributed by atoms with Crippen molar-refractivity contribution in [3.8, 4) is 0 Å². The van der Waals surface area contributed by atoms with Gasteiger partial charge in [0.25, 0.3) is 10.1 Å². The molecular formula is C12H13NO3S. The normalized spacial score (nSPS) is 11.9. The fourth-order valence-corrected chi connectivity index (χ4v) is 2.56. The van der Waals surface area contributed by atoms with E-state index in [1.807, 2.05) is 13.0 Å². The summed E-state index contributed by atoms with van der Waals surface area (Å²) in [6.07, 6.45) is 3.19. The predicted molar refractivity (Wildman–Crippen MR) is 65.6 cm³/mol. The van der Waals surface area contributed by atoms with E-state index in [9.17, 15) is 13.0 Å². The fraction of sp³-hybridized carbons (Fsp3) is 0.250. The first-order valence-corrected chi connectivity index (χ1v) is 6.81. The fourth-order valence-electron chi connectivity index (χ4n) is 1.85. The highest BCUT2D eigenvalue weighted by Crippen LogP contribution is 2.23. The van der Waals surface area contributed by atoms with E-state index in [4.69, 9.17) is 0 Å². The first-order valence-electron chi connectivity index (χ1n) is 5.37. The number of hydrogen-bond acceptors (Lipinski definition) is 3. The third-order valence-corrected chi connectivity index (χ3v) is 3.41. The van der Waals surface area contributed by atoms with Crippen LogP contribution in [-0.4, -0.2) is 18.0 Å². The van der Waals surface area contributed by atoms with E-state index in [2.05, 4.69) is 4.98 Å². The van der Waals surface area contributed by atoms with Gasteiger partial charge < -0.3 is 0 Å². The van der Waals surface area contributed by atoms with E-state index in [1.54, 1.807) is 12.1 Å². The number of pyridine rings is 1. The summed E-state index contributed by atoms with van der Waals surface area (Å²) in [6, 6.07) is 6.93. The van der Waals surface area contributed by atoms with Gasteiger partial charge in [-0.05, 0) is 30.2 Å². The van der Waals surface area contributed by atoms with Gasteiger partial charge in [-0.25, -0.2) is 0 Å². The second-order valence-corrected chi connectivity index (χ2v) is 5.28. The molecule has 1 N–H and O–H groups in total. The molecule has 1 aromatic heterocycles. The van der Waals surface area contributed by atoms with Crippen molar-refractivity contribution in [2.24, 2.45) is 0 Å². The van der Waals surface area contributed by atoms with Gasteiger partial charge in [-0.2, -0.15) is 8.42 Å². The van der Waals surface area contributed by atoms with Gasteiger partial charge in [0.15, 0.2) is 0 Å². The molecule has 1 heterocycles. The van der Waals surface area contributed by atoms with Crippen LogP contribution in [0, 0.1) is 0 Å². The molecule has 0 radical (unpaired) electrons. The Labute approximate surface area is 100 Å². The number of nitrogens with zero attached hydrogens (tertiary/aromatic N) is 1. The molecule has 0 atom stereocenters. The predicted octanol–water partition coefficient (Wildman–Crippen LogP) is 2.43. The van der Waals surface area contributed by atoms with Crippen LogP contribution >= 0.6 is 0 Å². The maximum atomic E-state index is 11.3. The zero-order valence-corrected chi connectivity index (χ0v) is 10.2. The molecule has 4 nitrogen and oxygen atoms in total. The lowest BCUT2D eigenvalue weighted by atomic mass is 10.1. The molecule has 0 bridgehead atoms. The topological polar surface area (TPSA) is 67.3 Å². The molecule has 2 aromatic rings. The van der Waals surface area contributed by atoms with Crippen LogP contribution in [0.3, 0.4) is 0 Å². The monoisotopic (exact) mass is 251 g/mol. The van der Waals surface area contributed by atoms with Crippen LogP contribution in [0.15, 0.2) is 35.4 Å². The van der Waals surface area contributed by atoms with E-state index in [1.165, 1.54) is 12.3 Å². The highest BCUT2D eigenvalue weighted by atomic mass is 32.2. The van der Waals surface area contributed by atoms with E-state index < -0.39 is 10.1 Å². The molecule has 2 rings (SSSR count). The van der Waals surface area contributed by atoms with Crippen LogP contribution in [0.4, 0.5) is 0 Å². The minimum atomic E-state index is -4.23. The Hall–Kier alpha value is -1.46. The molecule has 0 amide bonds. The van der Waals surface area contributed by atoms with Gasteiger partial charge in [-0.1, -0.05) is 19.4 Å². The zero-order valence-electron chi connectivity index (χ0n) is 9.42. The Bertz CT molecular complexity index is 650. The maximum absolute atomic E-state index is 11.3. The van der Waals surface area contributed by atoms with Crippen LogP contribution in [0.5, 0.6) is 0 Å². The number of aromatic nitrogens is 1. The quantitative estimate of drug-likeness (QED) is 0.851. The minimum absolute atomic E-state index is 0.112. The van der Waals surface area contributed by atoms with Crippen molar-refractivity contribution in [3.05, 3.63) is 36.0 Å². The summed E-state index contributed by atoms with van der Waals surface area (Å²) in [5, 5.41) is 0.728. The van der Waals surface area contributed by atoms with Crippen LogP contribution in [0.1, 0.15) is 18.9 Å². The lowest BCUT2D eigenvalue weighted by Gasteiger charge is -2.06. The Morgan fingerprint density at radius 2 is 2.12 bits per heavy atom. The van der Waals surface area contributed by atoms with E-state index >= 15 is 0 Å². The number of hydrogen-bond donors (Lipinski definition) is 1. The Morgan fingerprint density at radius 1 is 1.35 bits per heavy atom. The van der Waals surface area contributed by atoms with Crippen molar-refractivity contribution in [2.75, 3.05) is 0 Å². The largest absolute Gasteiger partial charge is 0.296 e. The molecule has 90 valence electrons. The van der Waals surface area contributed by atoms with Gasteiger partial charge in [-0.15, -0.1) is 0 Å². The molecule has 0 aliphatic carbocycles. The molecule has 0 aliphatic heterocycles. The summed E-state index contributed by atoms with van der Waals surface area (Å²) >= 11 is 0. The lowest BCUT2D eigenvalue weighted by Crippen LogP contribution is -2.01. The van der Waals surface area contributed by atoms with Gasteiger partial charge in [0.05, 0.1) is 5.52 Å². The average molecular weight is 251 g/mol. The summed E-state index contributed by atoms with van der Waals surface area (Å²) in [6.45, 7) is 2.01. The lowest BCUT2D eigenvalue weighted by molar-refractivity contribution is 0.484. The summed E-state index contributed by atoms with van der Waals surface area (Å²) in [7, 11) is -4.23. The molecule has 17 heavy (non-hydrogen) atoms. The molecule has 0 aliphatic rings. The third kappa shape index (κ3) is 2.45. The minimum Gasteiger partial charge on any atom is -0.282 e. The average Bonchev–Trinajstić information content (AvgIpc) is 2.27. The van der Waals surface area contributed by atoms with Crippen LogP contribution in [0.2, 0.25) is 0 Å². The molecule has 1 aromatic carbocycles. The van der Waals surface area contributed by atoms with Crippen molar-refractivity contribution in [1.29, 1.82) is 0 Å². The molecule has 0 spiro atoms. The van der Waals surface area contributed by atoms with Crippen LogP contribution < -0.4 is 0 Å². The van der Waals surface area contributed by atoms with Gasteiger partial charge in [0.2, 0.25) is 0 Å². The van der Waals surface area contributed by atoms with Crippen molar-refractivity contribution in [3.63, 3.8) is 0 Å². The van der Waals surface area contributed by atoms with Crippen LogP contribution in [-0.2, 0) is 16.5 Å². The van der Waals surface area contributed by atoms with E-state index in [0.29, 0.717) is 5.52 Å². The summed E-state index contributed by atoms with van der Waals surface area (Å²) < 4.78 is 31.8. The Balaban J connectivity index is 2.79. The van der Waals surface area contributed by atoms with Crippen molar-refractivity contribution in [1.82, 2.24) is 4.98 Å². The Morgan fingerprint density at radius 3 is 2.76 bits per heavy atom. The standard InChI is InChI=1S/C12H13NO3S/c1-2-4-9-7-10-5-3-6-13-12(10)11(8-9)17(14,15)16/h3,5-8H,2,4H2,1H3,(H,14,15,16). The number of fused-ring (bicyclic) bond motifs is 1. The van der Waals surface area contributed by atoms with Crippen LogP contribution in [0.25, 0.3) is 10.9 Å². The molecule has 0 saturated heterocycles. The third-order valence-electron chi connectivity index (χ3n) is 2.55. The second-order valence-electron chi connectivity index (χ2n) is 3.89. The van der Waals surface area contributed by atoms with Gasteiger partial charge in [0, 0.05) is 11.6 Å². The molecule has 0 fully saturated rings. The second kappa shape index (κ2) is 4.43. The van der Waals surface area contributed by atoms with E-state index in [-0.39, 0.29) is 4.90 Å². The summed E-state index contributed by atoms with van der Waals surface area (Å²) in [5.74, 6) is 0. The van der Waals surface area contributed by atoms with Gasteiger partial charge in [0.1, 0.15) is 4.90 Å². The first-order chi connectivity index (χ1) is 8.02. The number of benzene rings is 1. The van der Waals surface area contributed by atoms with E-state index in [0.717, 1.165) is 23.8 Å². The van der Waals surface area contributed by atoms with Crippen molar-refractivity contribution >= 4 is 21.0 Å². The molecule has 0 unspecified atom stereocenters. The summed E-state index contributed by atoms with van der Waals surface area (Å²) in [5.41, 5.74) is 1.20.